The van der Waals surface area contributed by atoms with Crippen molar-refractivity contribution in [3.05, 3.63) is 34.3 Å². The van der Waals surface area contributed by atoms with E-state index in [1.165, 1.54) is 12.8 Å². The molecule has 0 radical (unpaired) electrons. The predicted molar refractivity (Wildman–Crippen MR) is 79.8 cm³/mol. The highest BCUT2D eigenvalue weighted by atomic mass is 35.5. The van der Waals surface area contributed by atoms with Crippen molar-refractivity contribution in [2.45, 2.75) is 31.7 Å². The maximum Gasteiger partial charge on any atom is 0.253 e. The van der Waals surface area contributed by atoms with Gasteiger partial charge in [-0.1, -0.05) is 36.3 Å². The Morgan fingerprint density at radius 2 is 2.15 bits per heavy atom. The summed E-state index contributed by atoms with van der Waals surface area (Å²) in [5.74, 6) is 5.30. The Balaban J connectivity index is 2.16. The first-order valence-electron chi connectivity index (χ1n) is 6.80. The second kappa shape index (κ2) is 6.78. The normalized spacial score (nSPS) is 14.8. The van der Waals surface area contributed by atoms with Crippen molar-refractivity contribution in [2.75, 3.05) is 13.7 Å². The number of aliphatic hydroxyl groups excluding tert-OH is 1. The molecule has 0 bridgehead atoms. The zero-order valence-electron chi connectivity index (χ0n) is 11.5. The van der Waals surface area contributed by atoms with Crippen LogP contribution in [0.4, 0.5) is 0 Å². The fourth-order valence-electron chi connectivity index (χ4n) is 2.55. The van der Waals surface area contributed by atoms with Crippen molar-refractivity contribution >= 4 is 17.5 Å². The highest BCUT2D eigenvalue weighted by Crippen LogP contribution is 2.25. The lowest BCUT2D eigenvalue weighted by atomic mass is 10.1. The molecular weight excluding hydrogens is 274 g/mol. The van der Waals surface area contributed by atoms with Gasteiger partial charge in [-0.05, 0) is 31.0 Å². The number of amides is 1. The highest BCUT2D eigenvalue weighted by Gasteiger charge is 2.24. The summed E-state index contributed by atoms with van der Waals surface area (Å²) in [5, 5.41) is 9.12. The number of rotatable bonds is 2. The molecule has 1 amide bonds. The monoisotopic (exact) mass is 291 g/mol. The zero-order chi connectivity index (χ0) is 14.5. The van der Waals surface area contributed by atoms with Crippen LogP contribution in [-0.4, -0.2) is 35.6 Å². The van der Waals surface area contributed by atoms with E-state index in [9.17, 15) is 4.79 Å². The van der Waals surface area contributed by atoms with Crippen molar-refractivity contribution < 1.29 is 9.90 Å². The predicted octanol–water partition coefficient (Wildman–Crippen LogP) is 2.70. The summed E-state index contributed by atoms with van der Waals surface area (Å²) in [5.41, 5.74) is 1.21. The van der Waals surface area contributed by atoms with Crippen molar-refractivity contribution in [2.24, 2.45) is 0 Å². The van der Waals surface area contributed by atoms with Crippen LogP contribution in [0.5, 0.6) is 0 Å². The molecule has 1 fully saturated rings. The van der Waals surface area contributed by atoms with Gasteiger partial charge in [0, 0.05) is 24.2 Å². The Bertz CT molecular complexity index is 553. The first-order valence-corrected chi connectivity index (χ1v) is 7.17. The first-order chi connectivity index (χ1) is 9.63. The minimum atomic E-state index is -0.207. The van der Waals surface area contributed by atoms with Gasteiger partial charge < -0.3 is 10.0 Å². The molecular formula is C16H18ClNO2. The molecule has 0 aliphatic heterocycles. The summed E-state index contributed by atoms with van der Waals surface area (Å²) in [6.07, 6.45) is 4.55. The molecule has 0 heterocycles. The largest absolute Gasteiger partial charge is 0.384 e. The Morgan fingerprint density at radius 3 is 2.75 bits per heavy atom. The van der Waals surface area contributed by atoms with Crippen LogP contribution in [0.15, 0.2) is 18.2 Å². The third kappa shape index (κ3) is 3.33. The van der Waals surface area contributed by atoms with E-state index in [4.69, 9.17) is 16.7 Å². The lowest BCUT2D eigenvalue weighted by Crippen LogP contribution is -2.35. The third-order valence-corrected chi connectivity index (χ3v) is 4.02. The van der Waals surface area contributed by atoms with E-state index in [1.807, 2.05) is 11.9 Å². The molecule has 2 rings (SSSR count). The van der Waals surface area contributed by atoms with Crippen molar-refractivity contribution in [3.63, 3.8) is 0 Å². The number of benzene rings is 1. The SMILES string of the molecule is CN(C(=O)c1ccc(C#CCO)c(Cl)c1)C1CCCC1. The average molecular weight is 292 g/mol. The summed E-state index contributed by atoms with van der Waals surface area (Å²) >= 11 is 6.12. The number of aliphatic hydroxyl groups is 1. The minimum Gasteiger partial charge on any atom is -0.384 e. The first kappa shape index (κ1) is 14.9. The van der Waals surface area contributed by atoms with E-state index in [-0.39, 0.29) is 12.5 Å². The van der Waals surface area contributed by atoms with Gasteiger partial charge in [0.15, 0.2) is 0 Å². The van der Waals surface area contributed by atoms with E-state index in [0.717, 1.165) is 12.8 Å². The number of hydrogen-bond donors (Lipinski definition) is 1. The molecule has 3 nitrogen and oxygen atoms in total. The van der Waals surface area contributed by atoms with Crippen molar-refractivity contribution in [1.82, 2.24) is 4.90 Å². The lowest BCUT2D eigenvalue weighted by molar-refractivity contribution is 0.0735. The molecule has 0 unspecified atom stereocenters. The van der Waals surface area contributed by atoms with Crippen LogP contribution in [-0.2, 0) is 0 Å². The molecule has 0 aromatic heterocycles. The van der Waals surface area contributed by atoms with E-state index >= 15 is 0 Å². The molecule has 1 aromatic rings. The third-order valence-electron chi connectivity index (χ3n) is 3.71. The van der Waals surface area contributed by atoms with E-state index in [1.54, 1.807) is 18.2 Å². The molecule has 1 N–H and O–H groups in total. The fraction of sp³-hybridized carbons (Fsp3) is 0.438. The van der Waals surface area contributed by atoms with Gasteiger partial charge in [0.25, 0.3) is 5.91 Å². The maximum atomic E-state index is 12.4. The molecule has 1 aliphatic carbocycles. The van der Waals surface area contributed by atoms with Crippen LogP contribution in [0.1, 0.15) is 41.6 Å². The summed E-state index contributed by atoms with van der Waals surface area (Å²) < 4.78 is 0. The van der Waals surface area contributed by atoms with Gasteiger partial charge in [0.1, 0.15) is 6.61 Å². The van der Waals surface area contributed by atoms with Gasteiger partial charge in [0.2, 0.25) is 0 Å². The summed E-state index contributed by atoms with van der Waals surface area (Å²) in [7, 11) is 1.85. The van der Waals surface area contributed by atoms with Crippen LogP contribution < -0.4 is 0 Å². The molecule has 106 valence electrons. The zero-order valence-corrected chi connectivity index (χ0v) is 12.3. The van der Waals surface area contributed by atoms with E-state index in [0.29, 0.717) is 22.2 Å². The summed E-state index contributed by atoms with van der Waals surface area (Å²) in [6, 6.07) is 5.45. The molecule has 1 aliphatic rings. The van der Waals surface area contributed by atoms with Crippen molar-refractivity contribution in [1.29, 1.82) is 0 Å². The van der Waals surface area contributed by atoms with Gasteiger partial charge in [-0.25, -0.2) is 0 Å². The molecule has 0 spiro atoms. The quantitative estimate of drug-likeness (QED) is 0.851. The lowest BCUT2D eigenvalue weighted by Gasteiger charge is -2.24. The topological polar surface area (TPSA) is 40.5 Å². The minimum absolute atomic E-state index is 0.000433. The smallest absolute Gasteiger partial charge is 0.253 e. The van der Waals surface area contributed by atoms with Gasteiger partial charge in [-0.2, -0.15) is 0 Å². The summed E-state index contributed by atoms with van der Waals surface area (Å²) in [6.45, 7) is -0.207. The van der Waals surface area contributed by atoms with Gasteiger partial charge in [-0.15, -0.1) is 0 Å². The molecule has 0 atom stereocenters. The molecule has 1 saturated carbocycles. The van der Waals surface area contributed by atoms with Gasteiger partial charge in [0.05, 0.1) is 5.02 Å². The van der Waals surface area contributed by atoms with Crippen molar-refractivity contribution in [3.8, 4) is 11.8 Å². The van der Waals surface area contributed by atoms with Crippen LogP contribution in [0.25, 0.3) is 0 Å². The molecule has 20 heavy (non-hydrogen) atoms. The van der Waals surface area contributed by atoms with Crippen LogP contribution in [0, 0.1) is 11.8 Å². The average Bonchev–Trinajstić information content (AvgIpc) is 2.98. The Labute approximate surface area is 124 Å². The van der Waals surface area contributed by atoms with Gasteiger partial charge >= 0.3 is 0 Å². The second-order valence-corrected chi connectivity index (χ2v) is 5.42. The maximum absolute atomic E-state index is 12.4. The standard InChI is InChI=1S/C16H18ClNO2/c1-18(14-6-2-3-7-14)16(20)13-9-8-12(5-4-10-19)15(17)11-13/h8-9,11,14,19H,2-3,6-7,10H2,1H3. The van der Waals surface area contributed by atoms with E-state index in [2.05, 4.69) is 11.8 Å². The van der Waals surface area contributed by atoms with E-state index < -0.39 is 0 Å². The number of carbonyl (C=O) groups excluding carboxylic acids is 1. The van der Waals surface area contributed by atoms with Crippen LogP contribution in [0.3, 0.4) is 0 Å². The number of halogens is 1. The van der Waals surface area contributed by atoms with Crippen LogP contribution >= 0.6 is 11.6 Å². The fourth-order valence-corrected chi connectivity index (χ4v) is 2.77. The van der Waals surface area contributed by atoms with Gasteiger partial charge in [-0.3, -0.25) is 4.79 Å². The highest BCUT2D eigenvalue weighted by molar-refractivity contribution is 6.32. The Hall–Kier alpha value is -1.50. The van der Waals surface area contributed by atoms with Crippen LogP contribution in [0.2, 0.25) is 5.02 Å². The number of nitrogens with zero attached hydrogens (tertiary/aromatic N) is 1. The Morgan fingerprint density at radius 1 is 1.45 bits per heavy atom. The summed E-state index contributed by atoms with van der Waals surface area (Å²) in [4.78, 5) is 14.2. The second-order valence-electron chi connectivity index (χ2n) is 5.01. The Kier molecular flexibility index (Phi) is 5.05. The number of carbonyl (C=O) groups is 1. The molecule has 4 heteroatoms. The number of hydrogen-bond acceptors (Lipinski definition) is 2. The molecule has 0 saturated heterocycles. The molecule has 1 aromatic carbocycles.